The molecule has 0 spiro atoms. The van der Waals surface area contributed by atoms with Crippen LogP contribution < -0.4 is 0 Å². The van der Waals surface area contributed by atoms with Crippen LogP contribution in [0.5, 0.6) is 0 Å². The molecule has 12 unspecified atom stereocenters. The first-order valence-corrected chi connectivity index (χ1v) is 13.7. The molecule has 0 bridgehead atoms. The topological polar surface area (TPSA) is 98.0 Å². The predicted octanol–water partition coefficient (Wildman–Crippen LogP) is 4.64. The van der Waals surface area contributed by atoms with Gasteiger partial charge in [0.2, 0.25) is 0 Å². The van der Waals surface area contributed by atoms with Crippen LogP contribution in [0, 0.1) is 57.2 Å². The Morgan fingerprint density at radius 3 is 2.18 bits per heavy atom. The molecule has 4 saturated carbocycles. The summed E-state index contributed by atoms with van der Waals surface area (Å²) in [5.74, 6) is -0.0182. The van der Waals surface area contributed by atoms with E-state index in [1.54, 1.807) is 0 Å². The normalized spacial score (nSPS) is 58.1. The van der Waals surface area contributed by atoms with Gasteiger partial charge in [-0.05, 0) is 90.8 Å². The summed E-state index contributed by atoms with van der Waals surface area (Å²) >= 11 is 0. The summed E-state index contributed by atoms with van der Waals surface area (Å²) in [6.07, 6.45) is 8.16. The Bertz CT molecular complexity index is 897. The van der Waals surface area contributed by atoms with Gasteiger partial charge < -0.3 is 20.4 Å². The van der Waals surface area contributed by atoms with Crippen molar-refractivity contribution < 1.29 is 25.2 Å². The first-order valence-electron chi connectivity index (χ1n) is 13.7. The number of aliphatic carboxylic acids is 1. The molecule has 0 amide bonds. The zero-order chi connectivity index (χ0) is 25.1. The van der Waals surface area contributed by atoms with Gasteiger partial charge in [0.25, 0.3) is 0 Å². The van der Waals surface area contributed by atoms with E-state index in [1.165, 1.54) is 0 Å². The molecule has 0 aromatic rings. The molecule has 34 heavy (non-hydrogen) atoms. The number of aliphatic hydroxyl groups is 3. The number of hydrogen-bond acceptors (Lipinski definition) is 4. The molecule has 4 N–H and O–H groups in total. The zero-order valence-electron chi connectivity index (χ0n) is 21.9. The van der Waals surface area contributed by atoms with Crippen LogP contribution in [-0.2, 0) is 4.79 Å². The van der Waals surface area contributed by atoms with Crippen molar-refractivity contribution in [3.8, 4) is 0 Å². The van der Waals surface area contributed by atoms with E-state index in [0.29, 0.717) is 25.2 Å². The van der Waals surface area contributed by atoms with Crippen molar-refractivity contribution >= 4 is 5.97 Å². The maximum Gasteiger partial charge on any atom is 0.310 e. The van der Waals surface area contributed by atoms with Crippen LogP contribution in [-0.4, -0.2) is 44.2 Å². The second-order valence-electron chi connectivity index (χ2n) is 14.3. The van der Waals surface area contributed by atoms with Gasteiger partial charge in [0.15, 0.2) is 0 Å². The quantitative estimate of drug-likeness (QED) is 0.415. The summed E-state index contributed by atoms with van der Waals surface area (Å²) in [5, 5.41) is 44.7. The highest BCUT2D eigenvalue weighted by Gasteiger charge is 2.71. The van der Waals surface area contributed by atoms with Crippen LogP contribution in [0.1, 0.15) is 86.5 Å². The smallest absolute Gasteiger partial charge is 0.310 e. The number of carbonyl (C=O) groups is 1. The van der Waals surface area contributed by atoms with Crippen molar-refractivity contribution in [1.82, 2.24) is 0 Å². The lowest BCUT2D eigenvalue weighted by Crippen LogP contribution is -2.70. The van der Waals surface area contributed by atoms with Crippen molar-refractivity contribution in [3.63, 3.8) is 0 Å². The Morgan fingerprint density at radius 2 is 1.53 bits per heavy atom. The molecule has 5 heteroatoms. The second kappa shape index (κ2) is 7.32. The third kappa shape index (κ3) is 2.81. The number of allylic oxidation sites excluding steroid dienone is 1. The van der Waals surface area contributed by atoms with Gasteiger partial charge in [0, 0.05) is 5.92 Å². The Kier molecular flexibility index (Phi) is 5.33. The van der Waals surface area contributed by atoms with Gasteiger partial charge in [-0.15, -0.1) is 0 Å². The summed E-state index contributed by atoms with van der Waals surface area (Å²) in [5.41, 5.74) is -2.70. The molecular formula is C29H46O5. The third-order valence-electron chi connectivity index (χ3n) is 12.6. The summed E-state index contributed by atoms with van der Waals surface area (Å²) in [6.45, 7) is 13.2. The van der Waals surface area contributed by atoms with Crippen molar-refractivity contribution in [2.24, 2.45) is 57.2 Å². The summed E-state index contributed by atoms with van der Waals surface area (Å²) < 4.78 is 0. The molecule has 4 fully saturated rings. The summed E-state index contributed by atoms with van der Waals surface area (Å²) in [4.78, 5) is 12.7. The highest BCUT2D eigenvalue weighted by Crippen LogP contribution is 2.72. The molecule has 0 aromatic heterocycles. The van der Waals surface area contributed by atoms with Gasteiger partial charge in [-0.1, -0.05) is 53.7 Å². The van der Waals surface area contributed by atoms with E-state index in [4.69, 9.17) is 0 Å². The van der Waals surface area contributed by atoms with Crippen LogP contribution in [0.2, 0.25) is 0 Å². The first-order chi connectivity index (χ1) is 15.7. The molecule has 0 heterocycles. The lowest BCUT2D eigenvalue weighted by Gasteiger charge is -2.70. The molecule has 192 valence electrons. The number of hydrogen-bond donors (Lipinski definition) is 4. The molecular weight excluding hydrogens is 428 g/mol. The van der Waals surface area contributed by atoms with E-state index in [2.05, 4.69) is 47.6 Å². The van der Waals surface area contributed by atoms with Gasteiger partial charge in [-0.3, -0.25) is 4.79 Å². The Hall–Kier alpha value is -0.910. The van der Waals surface area contributed by atoms with Gasteiger partial charge in [-0.25, -0.2) is 0 Å². The second-order valence-corrected chi connectivity index (χ2v) is 14.3. The monoisotopic (exact) mass is 474 g/mol. The van der Waals surface area contributed by atoms with E-state index >= 15 is 0 Å². The minimum atomic E-state index is -1.12. The van der Waals surface area contributed by atoms with Gasteiger partial charge >= 0.3 is 5.97 Å². The van der Waals surface area contributed by atoms with Crippen LogP contribution in [0.15, 0.2) is 12.2 Å². The minimum absolute atomic E-state index is 0.00473. The Labute approximate surface area is 205 Å². The molecule has 0 aromatic carbocycles. The summed E-state index contributed by atoms with van der Waals surface area (Å²) in [7, 11) is 0. The maximum atomic E-state index is 12.7. The molecule has 5 aliphatic rings. The lowest BCUT2D eigenvalue weighted by atomic mass is 9.35. The van der Waals surface area contributed by atoms with Crippen LogP contribution in [0.25, 0.3) is 0 Å². The first kappa shape index (κ1) is 24.8. The van der Waals surface area contributed by atoms with Crippen LogP contribution in [0.3, 0.4) is 0 Å². The van der Waals surface area contributed by atoms with E-state index in [-0.39, 0.29) is 45.8 Å². The van der Waals surface area contributed by atoms with Crippen LogP contribution >= 0.6 is 0 Å². The highest BCUT2D eigenvalue weighted by molar-refractivity contribution is 5.76. The molecule has 5 aliphatic carbocycles. The van der Waals surface area contributed by atoms with Crippen molar-refractivity contribution in [2.75, 3.05) is 0 Å². The molecule has 12 atom stereocenters. The molecule has 5 nitrogen and oxygen atoms in total. The molecule has 0 aliphatic heterocycles. The van der Waals surface area contributed by atoms with Crippen molar-refractivity contribution in [2.45, 2.75) is 104 Å². The standard InChI is InChI=1S/C29H46O5/c1-16-7-12-28(24(32)33)13-9-21-26(5)11-8-19-25(3,4)23(31)18(30)15-27(19,6)20(26)10-14-29(21,34)22(28)17(16)2/h10,14,16-23,30-31,34H,7-9,11-13,15H2,1-6H3,(H,32,33). The fraction of sp³-hybridized carbons (Fsp3) is 0.897. The SMILES string of the molecule is CC1CCC2(C(=O)O)CCC3C(O)(C=CC4C5(C)CC(O)C(O)C(C)(C)C5CCC34C)C2C1C. The van der Waals surface area contributed by atoms with E-state index in [0.717, 1.165) is 25.7 Å². The van der Waals surface area contributed by atoms with E-state index < -0.39 is 29.2 Å². The molecule has 0 saturated heterocycles. The lowest BCUT2D eigenvalue weighted by molar-refractivity contribution is -0.250. The highest BCUT2D eigenvalue weighted by atomic mass is 16.4. The van der Waals surface area contributed by atoms with E-state index in [9.17, 15) is 25.2 Å². The minimum Gasteiger partial charge on any atom is -0.481 e. The van der Waals surface area contributed by atoms with E-state index in [1.807, 2.05) is 6.08 Å². The fourth-order valence-electron chi connectivity index (χ4n) is 10.9. The van der Waals surface area contributed by atoms with Crippen molar-refractivity contribution in [1.29, 1.82) is 0 Å². The number of fused-ring (bicyclic) bond motifs is 7. The van der Waals surface area contributed by atoms with Gasteiger partial charge in [0.05, 0.1) is 23.2 Å². The molecule has 0 radical (unpaired) electrons. The number of rotatable bonds is 1. The summed E-state index contributed by atoms with van der Waals surface area (Å²) in [6, 6.07) is 0. The zero-order valence-corrected chi connectivity index (χ0v) is 21.9. The number of carboxylic acids is 1. The van der Waals surface area contributed by atoms with Crippen LogP contribution in [0.4, 0.5) is 0 Å². The fourth-order valence-corrected chi connectivity index (χ4v) is 10.9. The third-order valence-corrected chi connectivity index (χ3v) is 12.6. The largest absolute Gasteiger partial charge is 0.481 e. The number of carboxylic acid groups (broad SMARTS) is 1. The average Bonchev–Trinajstić information content (AvgIpc) is 2.73. The molecule has 5 rings (SSSR count). The average molecular weight is 475 g/mol. The maximum absolute atomic E-state index is 12.7. The Morgan fingerprint density at radius 1 is 0.912 bits per heavy atom. The predicted molar refractivity (Wildman–Crippen MR) is 131 cm³/mol. The van der Waals surface area contributed by atoms with Gasteiger partial charge in [-0.2, -0.15) is 0 Å². The number of aliphatic hydroxyl groups excluding tert-OH is 2. The van der Waals surface area contributed by atoms with Gasteiger partial charge in [0.1, 0.15) is 0 Å². The van der Waals surface area contributed by atoms with Crippen molar-refractivity contribution in [3.05, 3.63) is 12.2 Å². The Balaban J connectivity index is 1.62.